The molecule has 98 valence electrons. The molecule has 2 aliphatic carbocycles. The van der Waals surface area contributed by atoms with Crippen molar-refractivity contribution in [2.24, 2.45) is 0 Å². The molecule has 4 rings (SSSR count). The Morgan fingerprint density at radius 1 is 0.600 bits per heavy atom. The van der Waals surface area contributed by atoms with Crippen molar-refractivity contribution in [1.82, 2.24) is 0 Å². The molecule has 2 aromatic rings. The molecular formula is C20H18. The van der Waals surface area contributed by atoms with Crippen LogP contribution in [0, 0.1) is 13.8 Å². The minimum atomic E-state index is 1.38. The molecule has 0 amide bonds. The topological polar surface area (TPSA) is 0 Å². The second-order valence-corrected chi connectivity index (χ2v) is 5.98. The zero-order chi connectivity index (χ0) is 14.0. The van der Waals surface area contributed by atoms with Gasteiger partial charge in [-0.05, 0) is 82.0 Å². The number of fused-ring (bicyclic) bond motifs is 3. The van der Waals surface area contributed by atoms with Crippen molar-refractivity contribution in [1.29, 1.82) is 0 Å². The average molecular weight is 258 g/mol. The van der Waals surface area contributed by atoms with E-state index in [0.717, 1.165) is 0 Å². The second kappa shape index (κ2) is 3.73. The van der Waals surface area contributed by atoms with Crippen LogP contribution in [-0.4, -0.2) is 0 Å². The molecule has 0 atom stereocenters. The summed E-state index contributed by atoms with van der Waals surface area (Å²) in [5.41, 5.74) is 8.61. The fraction of sp³-hybridized carbons (Fsp3) is 0.200. The van der Waals surface area contributed by atoms with Crippen molar-refractivity contribution in [3.05, 3.63) is 68.4 Å². The predicted molar refractivity (Wildman–Crippen MR) is 85.8 cm³/mol. The van der Waals surface area contributed by atoms with Gasteiger partial charge in [-0.15, -0.1) is 0 Å². The molecule has 0 unspecified atom stereocenters. The molecule has 2 aliphatic rings. The molecule has 0 bridgehead atoms. The van der Waals surface area contributed by atoms with Crippen LogP contribution in [0.15, 0.2) is 36.4 Å². The fourth-order valence-electron chi connectivity index (χ4n) is 3.84. The number of hydrogen-bond donors (Lipinski definition) is 0. The first kappa shape index (κ1) is 11.7. The highest BCUT2D eigenvalue weighted by Gasteiger charge is 2.24. The van der Waals surface area contributed by atoms with Crippen LogP contribution in [0.3, 0.4) is 0 Å². The van der Waals surface area contributed by atoms with Crippen LogP contribution in [-0.2, 0) is 0 Å². The van der Waals surface area contributed by atoms with Gasteiger partial charge in [0, 0.05) is 0 Å². The molecule has 20 heavy (non-hydrogen) atoms. The molecule has 2 aromatic carbocycles. The predicted octanol–water partition coefficient (Wildman–Crippen LogP) is 1.67. The molecule has 0 heteroatoms. The Kier molecular flexibility index (Phi) is 2.18. The summed E-state index contributed by atoms with van der Waals surface area (Å²) in [5.74, 6) is 0. The summed E-state index contributed by atoms with van der Waals surface area (Å²) in [7, 11) is 0. The Hall–Kier alpha value is -2.08. The van der Waals surface area contributed by atoms with Crippen molar-refractivity contribution in [2.75, 3.05) is 0 Å². The highest BCUT2D eigenvalue weighted by molar-refractivity contribution is 6.25. The van der Waals surface area contributed by atoms with E-state index in [2.05, 4.69) is 64.1 Å². The summed E-state index contributed by atoms with van der Waals surface area (Å²) in [6.07, 6.45) is 0. The Morgan fingerprint density at radius 2 is 1.25 bits per heavy atom. The lowest BCUT2D eigenvalue weighted by molar-refractivity contribution is 1.27. The minimum Gasteiger partial charge on any atom is -0.0616 e. The number of benzene rings is 2. The molecule has 0 radical (unpaired) electrons. The van der Waals surface area contributed by atoms with Crippen LogP contribution in [0.4, 0.5) is 0 Å². The Balaban J connectivity index is 2.37. The van der Waals surface area contributed by atoms with Gasteiger partial charge in [-0.25, -0.2) is 0 Å². The van der Waals surface area contributed by atoms with Gasteiger partial charge in [0.05, 0.1) is 0 Å². The zero-order valence-electron chi connectivity index (χ0n) is 12.5. The first-order valence-electron chi connectivity index (χ1n) is 7.24. The number of rotatable bonds is 0. The van der Waals surface area contributed by atoms with Gasteiger partial charge in [0.25, 0.3) is 0 Å². The van der Waals surface area contributed by atoms with E-state index in [1.165, 1.54) is 54.3 Å². The molecule has 0 nitrogen and oxygen atoms in total. The first-order chi connectivity index (χ1) is 9.61. The third-order valence-electron chi connectivity index (χ3n) is 4.98. The van der Waals surface area contributed by atoms with Gasteiger partial charge in [0.1, 0.15) is 0 Å². The molecule has 0 aromatic heterocycles. The highest BCUT2D eigenvalue weighted by Crippen LogP contribution is 2.31. The standard InChI is InChI=1S/C20H18/c1-11-9-10-17-18(12(11)2)14(4)20-16-8-6-5-7-15(16)13(3)19(17)20/h5-10H,1-4H3. The van der Waals surface area contributed by atoms with E-state index < -0.39 is 0 Å². The van der Waals surface area contributed by atoms with Gasteiger partial charge in [0.15, 0.2) is 0 Å². The van der Waals surface area contributed by atoms with Crippen molar-refractivity contribution in [2.45, 2.75) is 27.7 Å². The largest absolute Gasteiger partial charge is 0.0616 e. The smallest absolute Gasteiger partial charge is 0.00606 e. The van der Waals surface area contributed by atoms with Gasteiger partial charge in [-0.3, -0.25) is 0 Å². The summed E-state index contributed by atoms with van der Waals surface area (Å²) < 4.78 is 0. The molecule has 0 saturated heterocycles. The molecule has 0 heterocycles. The van der Waals surface area contributed by atoms with Crippen molar-refractivity contribution >= 4 is 22.3 Å². The third-order valence-corrected chi connectivity index (χ3v) is 4.98. The third kappa shape index (κ3) is 1.22. The van der Waals surface area contributed by atoms with E-state index in [1.807, 2.05) is 0 Å². The average Bonchev–Trinajstić information content (AvgIpc) is 2.91. The zero-order valence-corrected chi connectivity index (χ0v) is 12.5. The molecule has 0 N–H and O–H groups in total. The lowest BCUT2D eigenvalue weighted by atomic mass is 10.0. The summed E-state index contributed by atoms with van der Waals surface area (Å²) >= 11 is 0. The van der Waals surface area contributed by atoms with Crippen LogP contribution >= 0.6 is 0 Å². The van der Waals surface area contributed by atoms with Crippen molar-refractivity contribution in [3.8, 4) is 0 Å². The Bertz CT molecular complexity index is 1010. The van der Waals surface area contributed by atoms with Gasteiger partial charge in [-0.2, -0.15) is 0 Å². The van der Waals surface area contributed by atoms with Gasteiger partial charge >= 0.3 is 0 Å². The van der Waals surface area contributed by atoms with Gasteiger partial charge in [0.2, 0.25) is 0 Å². The maximum atomic E-state index is 2.30. The number of hydrogen-bond acceptors (Lipinski definition) is 0. The van der Waals surface area contributed by atoms with E-state index in [4.69, 9.17) is 0 Å². The molecule has 0 saturated carbocycles. The lowest BCUT2D eigenvalue weighted by Crippen LogP contribution is -2.29. The summed E-state index contributed by atoms with van der Waals surface area (Å²) in [6, 6.07) is 13.4. The molecular weight excluding hydrogens is 240 g/mol. The molecule has 0 fully saturated rings. The quantitative estimate of drug-likeness (QED) is 0.674. The SMILES string of the molecule is CC1=c2ccccc2=C2C1=c1ccc(C)c(C)c1=C2C. The van der Waals surface area contributed by atoms with Gasteiger partial charge < -0.3 is 0 Å². The summed E-state index contributed by atoms with van der Waals surface area (Å²) in [6.45, 7) is 9.00. The summed E-state index contributed by atoms with van der Waals surface area (Å²) in [5, 5.41) is 5.70. The van der Waals surface area contributed by atoms with Crippen molar-refractivity contribution < 1.29 is 0 Å². The van der Waals surface area contributed by atoms with E-state index in [0.29, 0.717) is 0 Å². The van der Waals surface area contributed by atoms with E-state index >= 15 is 0 Å². The minimum absolute atomic E-state index is 1.38. The maximum absolute atomic E-state index is 2.30. The van der Waals surface area contributed by atoms with Crippen LogP contribution in [0.5, 0.6) is 0 Å². The highest BCUT2D eigenvalue weighted by atomic mass is 14.3. The fourth-order valence-corrected chi connectivity index (χ4v) is 3.84. The normalized spacial score (nSPS) is 15.6. The van der Waals surface area contributed by atoms with Crippen LogP contribution in [0.1, 0.15) is 25.0 Å². The van der Waals surface area contributed by atoms with Crippen LogP contribution < -0.4 is 20.9 Å². The van der Waals surface area contributed by atoms with Gasteiger partial charge in [-0.1, -0.05) is 36.4 Å². The second-order valence-electron chi connectivity index (χ2n) is 5.98. The lowest BCUT2D eigenvalue weighted by Gasteiger charge is -2.02. The molecule has 0 spiro atoms. The van der Waals surface area contributed by atoms with Crippen LogP contribution in [0.2, 0.25) is 0 Å². The molecule has 0 aliphatic heterocycles. The van der Waals surface area contributed by atoms with E-state index in [9.17, 15) is 0 Å². The Labute approximate surface area is 119 Å². The Morgan fingerprint density at radius 3 is 2.00 bits per heavy atom. The van der Waals surface area contributed by atoms with E-state index in [-0.39, 0.29) is 0 Å². The maximum Gasteiger partial charge on any atom is -0.00606 e. The monoisotopic (exact) mass is 258 g/mol. The number of aryl methyl sites for hydroxylation is 1. The van der Waals surface area contributed by atoms with E-state index in [1.54, 1.807) is 0 Å². The van der Waals surface area contributed by atoms with Crippen LogP contribution in [0.25, 0.3) is 22.3 Å². The summed E-state index contributed by atoms with van der Waals surface area (Å²) in [4.78, 5) is 0. The first-order valence-corrected chi connectivity index (χ1v) is 7.24. The van der Waals surface area contributed by atoms with Crippen molar-refractivity contribution in [3.63, 3.8) is 0 Å².